The van der Waals surface area contributed by atoms with E-state index in [9.17, 15) is 0 Å². The molecule has 5 heteroatoms. The highest BCUT2D eigenvalue weighted by atomic mass is 16.5. The Morgan fingerprint density at radius 3 is 2.45 bits per heavy atom. The molecule has 0 fully saturated rings. The van der Waals surface area contributed by atoms with Crippen molar-refractivity contribution in [2.45, 2.75) is 12.8 Å². The molecule has 0 amide bonds. The first-order chi connectivity index (χ1) is 10.9. The van der Waals surface area contributed by atoms with Crippen LogP contribution in [-0.2, 0) is 11.2 Å². The van der Waals surface area contributed by atoms with Gasteiger partial charge in [0.15, 0.2) is 0 Å². The fraction of sp³-hybridized carbons (Fsp3) is 0.235. The fourth-order valence-electron chi connectivity index (χ4n) is 2.48. The molecule has 3 rings (SSSR count). The average Bonchev–Trinajstić information content (AvgIpc) is 3.10. The summed E-state index contributed by atoms with van der Waals surface area (Å²) in [5.41, 5.74) is 4.55. The number of nitrogens with one attached hydrogen (secondary N) is 1. The van der Waals surface area contributed by atoms with Crippen LogP contribution in [0.1, 0.15) is 12.0 Å². The van der Waals surface area contributed by atoms with Gasteiger partial charge in [0.1, 0.15) is 0 Å². The van der Waals surface area contributed by atoms with Gasteiger partial charge in [0.05, 0.1) is 0 Å². The molecule has 2 aromatic carbocycles. The number of benzene rings is 2. The van der Waals surface area contributed by atoms with Crippen LogP contribution in [0.2, 0.25) is 0 Å². The lowest BCUT2D eigenvalue weighted by atomic mass is 9.97. The smallest absolute Gasteiger partial charge is 0.205 e. The number of tetrazole rings is 1. The molecule has 1 aromatic heterocycles. The van der Waals surface area contributed by atoms with Crippen LogP contribution < -0.4 is 0 Å². The lowest BCUT2D eigenvalue weighted by Gasteiger charge is -2.08. The topological polar surface area (TPSA) is 63.7 Å². The van der Waals surface area contributed by atoms with Gasteiger partial charge in [-0.25, -0.2) is 0 Å². The van der Waals surface area contributed by atoms with Crippen molar-refractivity contribution in [3.63, 3.8) is 0 Å². The van der Waals surface area contributed by atoms with Crippen LogP contribution in [0.15, 0.2) is 48.5 Å². The number of hydrogen-bond donors (Lipinski definition) is 1. The van der Waals surface area contributed by atoms with E-state index in [-0.39, 0.29) is 0 Å². The Labute approximate surface area is 129 Å². The quantitative estimate of drug-likeness (QED) is 0.709. The Balaban J connectivity index is 1.86. The van der Waals surface area contributed by atoms with Crippen LogP contribution in [0.3, 0.4) is 0 Å². The van der Waals surface area contributed by atoms with Crippen molar-refractivity contribution in [2.24, 2.45) is 0 Å². The van der Waals surface area contributed by atoms with Crippen LogP contribution in [0.4, 0.5) is 0 Å². The van der Waals surface area contributed by atoms with Crippen LogP contribution in [0.5, 0.6) is 0 Å². The molecule has 0 radical (unpaired) electrons. The van der Waals surface area contributed by atoms with Crippen LogP contribution >= 0.6 is 0 Å². The molecule has 1 N–H and O–H groups in total. The molecular weight excluding hydrogens is 276 g/mol. The summed E-state index contributed by atoms with van der Waals surface area (Å²) in [6.45, 7) is 0.794. The molecule has 0 unspecified atom stereocenters. The predicted octanol–water partition coefficient (Wildman–Crippen LogP) is 3.11. The van der Waals surface area contributed by atoms with E-state index in [4.69, 9.17) is 4.74 Å². The number of ether oxygens (including phenoxy) is 1. The number of aryl methyl sites for hydroxylation is 1. The number of H-pyrrole nitrogens is 1. The molecular formula is C17H18N4O. The molecule has 0 aliphatic heterocycles. The summed E-state index contributed by atoms with van der Waals surface area (Å²) < 4.78 is 5.09. The summed E-state index contributed by atoms with van der Waals surface area (Å²) in [7, 11) is 1.73. The SMILES string of the molecule is COCCCc1ccc(-c2ccccc2-c2nn[nH]n2)cc1. The lowest BCUT2D eigenvalue weighted by Crippen LogP contribution is -1.93. The standard InChI is InChI=1S/C17H18N4O/c1-22-12-4-5-13-8-10-14(11-9-13)15-6-2-3-7-16(15)17-18-20-21-19-17/h2-3,6-11H,4-5,12H2,1H3,(H,18,19,20,21). The molecule has 0 atom stereocenters. The Bertz CT molecular complexity index is 708. The molecule has 0 aliphatic carbocycles. The van der Waals surface area contributed by atoms with E-state index in [0.717, 1.165) is 36.1 Å². The maximum atomic E-state index is 5.09. The van der Waals surface area contributed by atoms with Crippen molar-refractivity contribution in [3.8, 4) is 22.5 Å². The largest absolute Gasteiger partial charge is 0.385 e. The zero-order valence-electron chi connectivity index (χ0n) is 12.5. The molecule has 0 spiro atoms. The van der Waals surface area contributed by atoms with Gasteiger partial charge in [-0.15, -0.1) is 10.2 Å². The van der Waals surface area contributed by atoms with Gasteiger partial charge in [0.25, 0.3) is 0 Å². The summed E-state index contributed by atoms with van der Waals surface area (Å²) >= 11 is 0. The highest BCUT2D eigenvalue weighted by Crippen LogP contribution is 2.29. The number of nitrogens with zero attached hydrogens (tertiary/aromatic N) is 3. The third-order valence-corrected chi connectivity index (χ3v) is 3.59. The minimum atomic E-state index is 0.611. The fourth-order valence-corrected chi connectivity index (χ4v) is 2.48. The predicted molar refractivity (Wildman–Crippen MR) is 85.2 cm³/mol. The van der Waals surface area contributed by atoms with E-state index in [2.05, 4.69) is 51.0 Å². The zero-order valence-corrected chi connectivity index (χ0v) is 12.5. The van der Waals surface area contributed by atoms with E-state index in [1.165, 1.54) is 5.56 Å². The van der Waals surface area contributed by atoms with Gasteiger partial charge in [-0.05, 0) is 34.7 Å². The van der Waals surface area contributed by atoms with Crippen LogP contribution in [-0.4, -0.2) is 34.3 Å². The molecule has 3 aromatic rings. The van der Waals surface area contributed by atoms with E-state index >= 15 is 0 Å². The number of rotatable bonds is 6. The maximum absolute atomic E-state index is 5.09. The Morgan fingerprint density at radius 1 is 1.00 bits per heavy atom. The van der Waals surface area contributed by atoms with E-state index in [0.29, 0.717) is 5.82 Å². The van der Waals surface area contributed by atoms with Gasteiger partial charge in [0, 0.05) is 19.3 Å². The van der Waals surface area contributed by atoms with E-state index in [1.54, 1.807) is 7.11 Å². The van der Waals surface area contributed by atoms with Gasteiger partial charge in [-0.1, -0.05) is 48.5 Å². The summed E-state index contributed by atoms with van der Waals surface area (Å²) in [5, 5.41) is 14.3. The molecule has 22 heavy (non-hydrogen) atoms. The molecule has 112 valence electrons. The summed E-state index contributed by atoms with van der Waals surface area (Å²) in [6.07, 6.45) is 2.07. The number of hydrogen-bond acceptors (Lipinski definition) is 4. The van der Waals surface area contributed by atoms with Crippen molar-refractivity contribution in [1.82, 2.24) is 20.6 Å². The van der Waals surface area contributed by atoms with Gasteiger partial charge >= 0.3 is 0 Å². The number of aromatic amines is 1. The van der Waals surface area contributed by atoms with Gasteiger partial charge in [-0.3, -0.25) is 0 Å². The summed E-state index contributed by atoms with van der Waals surface area (Å²) in [4.78, 5) is 0. The third-order valence-electron chi connectivity index (χ3n) is 3.59. The molecule has 5 nitrogen and oxygen atoms in total. The second-order valence-electron chi connectivity index (χ2n) is 5.07. The highest BCUT2D eigenvalue weighted by molar-refractivity contribution is 5.80. The number of aromatic nitrogens is 4. The van der Waals surface area contributed by atoms with Crippen LogP contribution in [0.25, 0.3) is 22.5 Å². The van der Waals surface area contributed by atoms with Crippen molar-refractivity contribution < 1.29 is 4.74 Å². The number of methoxy groups -OCH3 is 1. The molecule has 1 heterocycles. The molecule has 0 saturated carbocycles. The average molecular weight is 294 g/mol. The first-order valence-electron chi connectivity index (χ1n) is 7.29. The molecule has 0 bridgehead atoms. The van der Waals surface area contributed by atoms with Gasteiger partial charge in [-0.2, -0.15) is 5.21 Å². The van der Waals surface area contributed by atoms with Crippen molar-refractivity contribution in [3.05, 3.63) is 54.1 Å². The Morgan fingerprint density at radius 2 is 1.77 bits per heavy atom. The first kappa shape index (κ1) is 14.4. The molecule has 0 saturated heterocycles. The third kappa shape index (κ3) is 3.20. The normalized spacial score (nSPS) is 10.8. The summed E-state index contributed by atoms with van der Waals surface area (Å²) in [6, 6.07) is 16.7. The second kappa shape index (κ2) is 6.95. The van der Waals surface area contributed by atoms with E-state index < -0.39 is 0 Å². The zero-order chi connectivity index (χ0) is 15.2. The van der Waals surface area contributed by atoms with Crippen molar-refractivity contribution >= 4 is 0 Å². The van der Waals surface area contributed by atoms with Gasteiger partial charge < -0.3 is 4.74 Å². The monoisotopic (exact) mass is 294 g/mol. The van der Waals surface area contributed by atoms with E-state index in [1.807, 2.05) is 18.2 Å². The Kier molecular flexibility index (Phi) is 4.56. The van der Waals surface area contributed by atoms with Gasteiger partial charge in [0.2, 0.25) is 5.82 Å². The molecule has 0 aliphatic rings. The minimum absolute atomic E-state index is 0.611. The minimum Gasteiger partial charge on any atom is -0.385 e. The summed E-state index contributed by atoms with van der Waals surface area (Å²) in [5.74, 6) is 0.611. The lowest BCUT2D eigenvalue weighted by molar-refractivity contribution is 0.195. The highest BCUT2D eigenvalue weighted by Gasteiger charge is 2.10. The Hall–Kier alpha value is -2.53. The van der Waals surface area contributed by atoms with Crippen LogP contribution in [0, 0.1) is 0 Å². The second-order valence-corrected chi connectivity index (χ2v) is 5.07. The first-order valence-corrected chi connectivity index (χ1v) is 7.29. The van der Waals surface area contributed by atoms with Crippen molar-refractivity contribution in [2.75, 3.05) is 13.7 Å². The maximum Gasteiger partial charge on any atom is 0.205 e. The van der Waals surface area contributed by atoms with Crippen molar-refractivity contribution in [1.29, 1.82) is 0 Å².